The van der Waals surface area contributed by atoms with Crippen molar-refractivity contribution < 1.29 is 29.4 Å². The molecule has 0 bridgehead atoms. The zero-order valence-corrected chi connectivity index (χ0v) is 24.1. The Kier molecular flexibility index (Phi) is 14.7. The second-order valence-corrected chi connectivity index (χ2v) is 10.7. The number of phenols is 1. The maximum atomic E-state index is 13.5. The van der Waals surface area contributed by atoms with Crippen LogP contribution in [0.5, 0.6) is 5.75 Å². The number of thioether (sulfide) groups is 1. The van der Waals surface area contributed by atoms with E-state index in [1.807, 2.05) is 36.6 Å². The largest absolute Gasteiger partial charge is 0.508 e. The van der Waals surface area contributed by atoms with Gasteiger partial charge in [0.05, 0.1) is 6.04 Å². The fourth-order valence-corrected chi connectivity index (χ4v) is 4.59. The summed E-state index contributed by atoms with van der Waals surface area (Å²) in [5.41, 5.74) is 13.3. The molecule has 0 heterocycles. The van der Waals surface area contributed by atoms with E-state index in [1.165, 1.54) is 23.9 Å². The Hall–Kier alpha value is -3.61. The molecule has 11 nitrogen and oxygen atoms in total. The SMILES string of the molecule is CSCCC(NC(=O)C(CCCCN)NC(=O)C(Cc1ccc(O)cc1)NC(=O)C(N)Cc1ccccc1)C(=O)O. The number of carbonyl (C=O) groups excluding carboxylic acids is 3. The number of aliphatic carboxylic acids is 1. The zero-order chi connectivity index (χ0) is 30.2. The summed E-state index contributed by atoms with van der Waals surface area (Å²) in [4.78, 5) is 51.4. The van der Waals surface area contributed by atoms with Crippen molar-refractivity contribution in [3.63, 3.8) is 0 Å². The predicted octanol–water partition coefficient (Wildman–Crippen LogP) is 0.926. The number of carboxylic acid groups (broad SMARTS) is 1. The maximum absolute atomic E-state index is 13.5. The van der Waals surface area contributed by atoms with Gasteiger partial charge in [0, 0.05) is 6.42 Å². The second kappa shape index (κ2) is 17.9. The number of benzene rings is 2. The smallest absolute Gasteiger partial charge is 0.326 e. The molecule has 0 aromatic heterocycles. The van der Waals surface area contributed by atoms with Crippen molar-refractivity contribution in [1.82, 2.24) is 16.0 Å². The summed E-state index contributed by atoms with van der Waals surface area (Å²) in [5.74, 6) is -2.37. The van der Waals surface area contributed by atoms with Gasteiger partial charge in [-0.05, 0) is 73.9 Å². The standard InChI is InChI=1S/C29H41N5O6S/c1-41-16-14-24(29(39)40)33-27(37)23(9-5-6-15-30)32-28(38)25(18-20-10-12-21(35)13-11-20)34-26(36)22(31)17-19-7-3-2-4-8-19/h2-4,7-8,10-13,22-25,35H,5-6,9,14-18,30-31H2,1H3,(H,32,38)(H,33,37)(H,34,36)(H,39,40). The number of nitrogens with two attached hydrogens (primary N) is 2. The minimum absolute atomic E-state index is 0.0507. The molecule has 0 fully saturated rings. The highest BCUT2D eigenvalue weighted by atomic mass is 32.2. The molecule has 41 heavy (non-hydrogen) atoms. The molecule has 3 amide bonds. The quantitative estimate of drug-likeness (QED) is 0.124. The third-order valence-corrected chi connectivity index (χ3v) is 7.09. The van der Waals surface area contributed by atoms with Crippen molar-refractivity contribution in [2.24, 2.45) is 11.5 Å². The van der Waals surface area contributed by atoms with Gasteiger partial charge in [0.25, 0.3) is 0 Å². The van der Waals surface area contributed by atoms with Gasteiger partial charge in [-0.25, -0.2) is 4.79 Å². The number of carbonyl (C=O) groups is 4. The molecule has 0 saturated carbocycles. The zero-order valence-electron chi connectivity index (χ0n) is 23.3. The van der Waals surface area contributed by atoms with Crippen molar-refractivity contribution in [3.8, 4) is 5.75 Å². The number of unbranched alkanes of at least 4 members (excludes halogenated alkanes) is 1. The Bertz CT molecular complexity index is 1120. The van der Waals surface area contributed by atoms with E-state index < -0.39 is 47.9 Å². The molecule has 2 aromatic rings. The molecule has 224 valence electrons. The molecule has 4 atom stereocenters. The van der Waals surface area contributed by atoms with E-state index in [-0.39, 0.29) is 31.4 Å². The molecule has 2 aromatic carbocycles. The summed E-state index contributed by atoms with van der Waals surface area (Å²) in [6.45, 7) is 0.395. The van der Waals surface area contributed by atoms with Crippen LogP contribution in [0.1, 0.15) is 36.8 Å². The number of carboxylic acids is 1. The van der Waals surface area contributed by atoms with E-state index in [2.05, 4.69) is 16.0 Å². The lowest BCUT2D eigenvalue weighted by Gasteiger charge is -2.25. The molecule has 0 radical (unpaired) electrons. The lowest BCUT2D eigenvalue weighted by molar-refractivity contribution is -0.142. The maximum Gasteiger partial charge on any atom is 0.326 e. The first-order valence-electron chi connectivity index (χ1n) is 13.5. The van der Waals surface area contributed by atoms with Crippen LogP contribution in [-0.4, -0.2) is 76.6 Å². The van der Waals surface area contributed by atoms with Crippen LogP contribution in [0.3, 0.4) is 0 Å². The Labute approximate surface area is 244 Å². The van der Waals surface area contributed by atoms with Gasteiger partial charge in [-0.2, -0.15) is 11.8 Å². The van der Waals surface area contributed by atoms with Crippen LogP contribution in [0.2, 0.25) is 0 Å². The molecular weight excluding hydrogens is 546 g/mol. The van der Waals surface area contributed by atoms with Crippen molar-refractivity contribution in [2.75, 3.05) is 18.6 Å². The van der Waals surface area contributed by atoms with Crippen LogP contribution in [0.15, 0.2) is 54.6 Å². The molecular formula is C29H41N5O6S. The van der Waals surface area contributed by atoms with Gasteiger partial charge in [-0.15, -0.1) is 0 Å². The highest BCUT2D eigenvalue weighted by molar-refractivity contribution is 7.98. The molecule has 9 N–H and O–H groups in total. The van der Waals surface area contributed by atoms with Crippen LogP contribution in [0.4, 0.5) is 0 Å². The Balaban J connectivity index is 2.22. The van der Waals surface area contributed by atoms with E-state index in [0.29, 0.717) is 30.7 Å². The third kappa shape index (κ3) is 12.2. The normalized spacial score (nSPS) is 13.8. The second-order valence-electron chi connectivity index (χ2n) is 9.75. The van der Waals surface area contributed by atoms with E-state index >= 15 is 0 Å². The molecule has 0 aliphatic heterocycles. The summed E-state index contributed by atoms with van der Waals surface area (Å²) in [6.07, 6.45) is 3.76. The number of aromatic hydroxyl groups is 1. The molecule has 0 spiro atoms. The number of hydrogen-bond donors (Lipinski definition) is 7. The Morgan fingerprint density at radius 1 is 0.780 bits per heavy atom. The lowest BCUT2D eigenvalue weighted by atomic mass is 10.0. The topological polar surface area (TPSA) is 197 Å². The summed E-state index contributed by atoms with van der Waals surface area (Å²) in [5, 5.41) is 27.1. The summed E-state index contributed by atoms with van der Waals surface area (Å²) >= 11 is 1.46. The third-order valence-electron chi connectivity index (χ3n) is 6.45. The van der Waals surface area contributed by atoms with Crippen LogP contribution < -0.4 is 27.4 Å². The minimum atomic E-state index is -1.16. The van der Waals surface area contributed by atoms with Crippen molar-refractivity contribution >= 4 is 35.5 Å². The van der Waals surface area contributed by atoms with Gasteiger partial charge >= 0.3 is 5.97 Å². The molecule has 0 aliphatic rings. The molecule has 4 unspecified atom stereocenters. The molecule has 0 aliphatic carbocycles. The van der Waals surface area contributed by atoms with Gasteiger partial charge in [-0.3, -0.25) is 14.4 Å². The van der Waals surface area contributed by atoms with Crippen LogP contribution in [0.25, 0.3) is 0 Å². The van der Waals surface area contributed by atoms with Crippen LogP contribution >= 0.6 is 11.8 Å². The number of nitrogens with one attached hydrogen (secondary N) is 3. The highest BCUT2D eigenvalue weighted by Crippen LogP contribution is 2.13. The number of amides is 3. The van der Waals surface area contributed by atoms with Gasteiger partial charge in [0.2, 0.25) is 17.7 Å². The predicted molar refractivity (Wildman–Crippen MR) is 159 cm³/mol. The van der Waals surface area contributed by atoms with Gasteiger partial charge in [-0.1, -0.05) is 42.5 Å². The van der Waals surface area contributed by atoms with Gasteiger partial charge in [0.15, 0.2) is 0 Å². The highest BCUT2D eigenvalue weighted by Gasteiger charge is 2.30. The van der Waals surface area contributed by atoms with E-state index in [0.717, 1.165) is 5.56 Å². The monoisotopic (exact) mass is 587 g/mol. The van der Waals surface area contributed by atoms with E-state index in [1.54, 1.807) is 12.1 Å². The van der Waals surface area contributed by atoms with Gasteiger partial charge in [0.1, 0.15) is 23.9 Å². The Morgan fingerprint density at radius 2 is 1.37 bits per heavy atom. The number of rotatable bonds is 18. The minimum Gasteiger partial charge on any atom is -0.508 e. The molecule has 12 heteroatoms. The van der Waals surface area contributed by atoms with Gasteiger partial charge < -0.3 is 37.6 Å². The molecule has 2 rings (SSSR count). The van der Waals surface area contributed by atoms with Crippen LogP contribution in [0, 0.1) is 0 Å². The fourth-order valence-electron chi connectivity index (χ4n) is 4.12. The first-order valence-corrected chi connectivity index (χ1v) is 14.9. The first-order chi connectivity index (χ1) is 19.6. The number of hydrogen-bond acceptors (Lipinski definition) is 8. The average Bonchev–Trinajstić information content (AvgIpc) is 2.95. The van der Waals surface area contributed by atoms with Crippen molar-refractivity contribution in [2.45, 2.75) is 62.7 Å². The Morgan fingerprint density at radius 3 is 1.98 bits per heavy atom. The lowest BCUT2D eigenvalue weighted by Crippen LogP contribution is -2.57. The summed E-state index contributed by atoms with van der Waals surface area (Å²) < 4.78 is 0. The first kappa shape index (κ1) is 33.6. The summed E-state index contributed by atoms with van der Waals surface area (Å²) in [7, 11) is 0. The van der Waals surface area contributed by atoms with E-state index in [4.69, 9.17) is 11.5 Å². The average molecular weight is 588 g/mol. The summed E-state index contributed by atoms with van der Waals surface area (Å²) in [6, 6.07) is 11.3. The van der Waals surface area contributed by atoms with Crippen molar-refractivity contribution in [1.29, 1.82) is 0 Å². The fraction of sp³-hybridized carbons (Fsp3) is 0.448. The van der Waals surface area contributed by atoms with Crippen molar-refractivity contribution in [3.05, 3.63) is 65.7 Å². The number of phenolic OH excluding ortho intramolecular Hbond substituents is 1. The molecule has 0 saturated heterocycles. The van der Waals surface area contributed by atoms with Crippen LogP contribution in [-0.2, 0) is 32.0 Å². The van der Waals surface area contributed by atoms with E-state index in [9.17, 15) is 29.4 Å².